The summed E-state index contributed by atoms with van der Waals surface area (Å²) in [6.07, 6.45) is -4.84. The van der Waals surface area contributed by atoms with E-state index in [1.54, 1.807) is 28.4 Å². The highest BCUT2D eigenvalue weighted by Gasteiger charge is 2.50. The van der Waals surface area contributed by atoms with Crippen LogP contribution in [0.4, 0.5) is 0 Å². The number of methoxy groups -OCH3 is 4. The summed E-state index contributed by atoms with van der Waals surface area (Å²) in [7, 11) is 6.46. The quantitative estimate of drug-likeness (QED) is 0.0609. The zero-order valence-electron chi connectivity index (χ0n) is 34.4. The van der Waals surface area contributed by atoms with Crippen LogP contribution in [0.15, 0.2) is 102 Å². The summed E-state index contributed by atoms with van der Waals surface area (Å²) in [4.78, 5) is 3.13. The number of hydrogen-bond acceptors (Lipinski definition) is 14. The fourth-order valence-corrected chi connectivity index (χ4v) is 7.02. The number of rotatable bonds is 21. The highest BCUT2D eigenvalue weighted by Crippen LogP contribution is 2.32. The maximum atomic E-state index is 9.71. The van der Waals surface area contributed by atoms with Crippen LogP contribution in [-0.2, 0) is 59.6 Å². The third-order valence-corrected chi connectivity index (χ3v) is 10.4. The molecule has 0 aliphatic carbocycles. The molecule has 60 heavy (non-hydrogen) atoms. The molecule has 2 heterocycles. The van der Waals surface area contributed by atoms with E-state index < -0.39 is 54.9 Å². The van der Waals surface area contributed by atoms with Gasteiger partial charge in [-0.25, -0.2) is 0 Å². The van der Waals surface area contributed by atoms with Crippen molar-refractivity contribution in [2.75, 3.05) is 48.3 Å². The van der Waals surface area contributed by atoms with Crippen LogP contribution < -0.4 is 30.4 Å². The Labute approximate surface area is 350 Å². The molecule has 4 unspecified atom stereocenters. The second kappa shape index (κ2) is 22.6. The molecular weight excluding hydrogens is 775 g/mol. The molecule has 9 atom stereocenters. The largest absolute Gasteiger partial charge is 0.497 e. The van der Waals surface area contributed by atoms with Gasteiger partial charge in [0.15, 0.2) is 6.29 Å². The molecule has 16 nitrogen and oxygen atoms in total. The van der Waals surface area contributed by atoms with Crippen molar-refractivity contribution < 1.29 is 52.1 Å². The first-order valence-corrected chi connectivity index (χ1v) is 19.7. The number of azide groups is 1. The standard InChI is InChI=1S/C44H55N5O11/c1-50-32-13-5-28(6-14-32)21-54-26-37-40(48-49-47)41(36(45)25-56-37)60-44-39(46)43(58-24-31-11-19-35(53-4)20-12-31)42(57-23-30-9-17-34(52-3)18-10-30)38(59-44)27-55-22-29-7-15-33(51-2)16-8-29/h5-20,36-44H,21-27,45-46H2,1-4H3/t36?,37?,38?,39?,40-,41+,42-,43+,44-/m0/s1. The summed E-state index contributed by atoms with van der Waals surface area (Å²) < 4.78 is 66.4. The number of ether oxygens (including phenoxy) is 11. The summed E-state index contributed by atoms with van der Waals surface area (Å²) in [5.41, 5.74) is 27.1. The van der Waals surface area contributed by atoms with Crippen molar-refractivity contribution in [3.8, 4) is 23.0 Å². The number of benzene rings is 4. The van der Waals surface area contributed by atoms with Gasteiger partial charge in [0.05, 0.1) is 105 Å². The van der Waals surface area contributed by atoms with Gasteiger partial charge in [-0.3, -0.25) is 0 Å². The molecule has 4 aromatic carbocycles. The summed E-state index contributed by atoms with van der Waals surface area (Å²) in [5, 5.41) is 4.10. The molecule has 322 valence electrons. The van der Waals surface area contributed by atoms with Crippen molar-refractivity contribution in [3.63, 3.8) is 0 Å². The fourth-order valence-electron chi connectivity index (χ4n) is 7.02. The molecule has 0 amide bonds. The lowest BCUT2D eigenvalue weighted by molar-refractivity contribution is -0.304. The lowest BCUT2D eigenvalue weighted by Crippen LogP contribution is -2.67. The van der Waals surface area contributed by atoms with Crippen LogP contribution in [0.1, 0.15) is 22.3 Å². The Bertz CT molecular complexity index is 1920. The molecule has 2 fully saturated rings. The molecule has 0 spiro atoms. The maximum Gasteiger partial charge on any atom is 0.176 e. The zero-order chi connectivity index (χ0) is 42.3. The van der Waals surface area contributed by atoms with Crippen LogP contribution >= 0.6 is 0 Å². The summed E-state index contributed by atoms with van der Waals surface area (Å²) in [5.74, 6) is 2.92. The lowest BCUT2D eigenvalue weighted by Gasteiger charge is -2.47. The van der Waals surface area contributed by atoms with Crippen LogP contribution in [-0.4, -0.2) is 103 Å². The number of nitrogens with zero attached hydrogens (tertiary/aromatic N) is 3. The summed E-state index contributed by atoms with van der Waals surface area (Å²) in [6, 6.07) is 27.8. The molecule has 2 aliphatic rings. The average molecular weight is 830 g/mol. The average Bonchev–Trinajstić information content (AvgIpc) is 3.29. The van der Waals surface area contributed by atoms with Gasteiger partial charge in [-0.15, -0.1) is 0 Å². The first-order chi connectivity index (χ1) is 29.3. The first kappa shape index (κ1) is 44.6. The predicted octanol–water partition coefficient (Wildman–Crippen LogP) is 5.47. The van der Waals surface area contributed by atoms with Crippen molar-refractivity contribution in [3.05, 3.63) is 130 Å². The van der Waals surface area contributed by atoms with E-state index in [0.717, 1.165) is 45.3 Å². The second-order valence-electron chi connectivity index (χ2n) is 14.4. The van der Waals surface area contributed by atoms with E-state index in [0.29, 0.717) is 6.61 Å². The molecule has 4 N–H and O–H groups in total. The molecule has 16 heteroatoms. The molecular formula is C44H55N5O11. The third-order valence-electron chi connectivity index (χ3n) is 10.4. The monoisotopic (exact) mass is 829 g/mol. The molecule has 0 saturated carbocycles. The van der Waals surface area contributed by atoms with Gasteiger partial charge in [0, 0.05) is 4.91 Å². The Morgan fingerprint density at radius 1 is 0.583 bits per heavy atom. The molecule has 2 aliphatic heterocycles. The van der Waals surface area contributed by atoms with Crippen LogP contribution in [0, 0.1) is 0 Å². The molecule has 0 bridgehead atoms. The number of nitrogens with two attached hydrogens (primary N) is 2. The van der Waals surface area contributed by atoms with E-state index in [1.807, 2.05) is 97.1 Å². The normalized spacial score (nSPS) is 25.2. The van der Waals surface area contributed by atoms with Crippen molar-refractivity contribution in [2.45, 2.75) is 81.4 Å². The van der Waals surface area contributed by atoms with Crippen molar-refractivity contribution in [2.24, 2.45) is 16.6 Å². The minimum absolute atomic E-state index is 0.0930. The minimum Gasteiger partial charge on any atom is -0.497 e. The van der Waals surface area contributed by atoms with Gasteiger partial charge in [0.25, 0.3) is 0 Å². The second-order valence-corrected chi connectivity index (χ2v) is 14.4. The molecule has 0 radical (unpaired) electrons. The topological polar surface area (TPSA) is 202 Å². The Kier molecular flexibility index (Phi) is 16.8. The highest BCUT2D eigenvalue weighted by atomic mass is 16.7. The maximum absolute atomic E-state index is 9.71. The summed E-state index contributed by atoms with van der Waals surface area (Å²) in [6.45, 7) is 1.31. The Hall–Kier alpha value is -4.97. The van der Waals surface area contributed by atoms with Gasteiger partial charge in [-0.05, 0) is 76.3 Å². The van der Waals surface area contributed by atoms with E-state index >= 15 is 0 Å². The smallest absolute Gasteiger partial charge is 0.176 e. The fraction of sp³-hybridized carbons (Fsp3) is 0.455. The van der Waals surface area contributed by atoms with Gasteiger partial charge in [0.1, 0.15) is 41.3 Å². The van der Waals surface area contributed by atoms with Crippen molar-refractivity contribution >= 4 is 0 Å². The Morgan fingerprint density at radius 2 is 1.00 bits per heavy atom. The Balaban J connectivity index is 1.23. The van der Waals surface area contributed by atoms with E-state index in [9.17, 15) is 5.53 Å². The van der Waals surface area contributed by atoms with Gasteiger partial charge >= 0.3 is 0 Å². The van der Waals surface area contributed by atoms with E-state index in [-0.39, 0.29) is 39.6 Å². The third kappa shape index (κ3) is 12.1. The van der Waals surface area contributed by atoms with Crippen LogP contribution in [0.25, 0.3) is 10.4 Å². The summed E-state index contributed by atoms with van der Waals surface area (Å²) >= 11 is 0. The SMILES string of the molecule is COc1ccc(COCC2OCC(N)[C@@H](O[C@@H]3OC(COCc4ccc(OC)cc4)[C@H](OCc4ccc(OC)cc4)[C@H](OCc4ccc(OC)cc4)C3N)[C@H]2N=[N+]=[N-])cc1. The minimum atomic E-state index is -1.09. The van der Waals surface area contributed by atoms with Gasteiger partial charge in [-0.2, -0.15) is 0 Å². The molecule has 2 saturated heterocycles. The van der Waals surface area contributed by atoms with Crippen LogP contribution in [0.2, 0.25) is 0 Å². The zero-order valence-corrected chi connectivity index (χ0v) is 34.4. The number of hydrogen-bond donors (Lipinski definition) is 2. The molecule has 6 rings (SSSR count). The predicted molar refractivity (Wildman–Crippen MR) is 221 cm³/mol. The van der Waals surface area contributed by atoms with E-state index in [4.69, 9.17) is 63.6 Å². The first-order valence-electron chi connectivity index (χ1n) is 19.7. The Morgan fingerprint density at radius 3 is 1.43 bits per heavy atom. The van der Waals surface area contributed by atoms with E-state index in [1.165, 1.54) is 0 Å². The molecule has 4 aromatic rings. The van der Waals surface area contributed by atoms with E-state index in [2.05, 4.69) is 10.0 Å². The lowest BCUT2D eigenvalue weighted by atomic mass is 9.94. The van der Waals surface area contributed by atoms with Gasteiger partial charge < -0.3 is 63.6 Å². The molecule has 0 aromatic heterocycles. The van der Waals surface area contributed by atoms with Crippen molar-refractivity contribution in [1.82, 2.24) is 0 Å². The van der Waals surface area contributed by atoms with Crippen LogP contribution in [0.3, 0.4) is 0 Å². The van der Waals surface area contributed by atoms with Crippen molar-refractivity contribution in [1.29, 1.82) is 0 Å². The van der Waals surface area contributed by atoms with Gasteiger partial charge in [-0.1, -0.05) is 53.6 Å². The van der Waals surface area contributed by atoms with Crippen LogP contribution in [0.5, 0.6) is 23.0 Å². The van der Waals surface area contributed by atoms with Gasteiger partial charge in [0.2, 0.25) is 0 Å². The highest BCUT2D eigenvalue weighted by molar-refractivity contribution is 5.29.